The molecule has 1 unspecified atom stereocenters. The highest BCUT2D eigenvalue weighted by molar-refractivity contribution is 4.87. The quantitative estimate of drug-likeness (QED) is 0.438. The van der Waals surface area contributed by atoms with Crippen LogP contribution in [-0.4, -0.2) is 5.11 Å². The Balaban J connectivity index is 3.38. The zero-order valence-electron chi connectivity index (χ0n) is 5.22. The van der Waals surface area contributed by atoms with E-state index < -0.39 is 0 Å². The van der Waals surface area contributed by atoms with Gasteiger partial charge in [-0.2, -0.15) is 0 Å². The second-order valence-electron chi connectivity index (χ2n) is 1.98. The highest BCUT2D eigenvalue weighted by atomic mass is 16.3. The Morgan fingerprint density at radius 2 is 2.38 bits per heavy atom. The lowest BCUT2D eigenvalue weighted by Crippen LogP contribution is -1.89. The van der Waals surface area contributed by atoms with Gasteiger partial charge in [0.2, 0.25) is 0 Å². The van der Waals surface area contributed by atoms with Crippen molar-refractivity contribution in [2.45, 2.75) is 13.3 Å². The summed E-state index contributed by atoms with van der Waals surface area (Å²) in [7, 11) is 0. The van der Waals surface area contributed by atoms with Gasteiger partial charge in [-0.3, -0.25) is 0 Å². The Labute approximate surface area is 50.3 Å². The monoisotopic (exact) mass is 112 g/mol. The fraction of sp³-hybridized carbons (Fsp3) is 0.429. The minimum absolute atomic E-state index is 0.234. The minimum atomic E-state index is 0.234. The number of hydrogen-bond acceptors (Lipinski definition) is 1. The van der Waals surface area contributed by atoms with Gasteiger partial charge in [-0.15, -0.1) is 6.58 Å². The van der Waals surface area contributed by atoms with E-state index in [1.54, 1.807) is 6.08 Å². The minimum Gasteiger partial charge on any atom is -0.513 e. The molecule has 0 bridgehead atoms. The molecule has 1 atom stereocenters. The van der Waals surface area contributed by atoms with Crippen molar-refractivity contribution in [3.05, 3.63) is 25.0 Å². The van der Waals surface area contributed by atoms with Gasteiger partial charge >= 0.3 is 0 Å². The van der Waals surface area contributed by atoms with E-state index in [1.807, 2.05) is 6.92 Å². The normalized spacial score (nSPS) is 12.6. The van der Waals surface area contributed by atoms with Crippen molar-refractivity contribution >= 4 is 0 Å². The van der Waals surface area contributed by atoms with Crippen LogP contribution in [0.25, 0.3) is 0 Å². The lowest BCUT2D eigenvalue weighted by molar-refractivity contribution is 0.375. The average molecular weight is 112 g/mol. The van der Waals surface area contributed by atoms with E-state index in [-0.39, 0.29) is 5.76 Å². The third-order valence-electron chi connectivity index (χ3n) is 0.960. The third-order valence-corrected chi connectivity index (χ3v) is 0.960. The maximum Gasteiger partial charge on any atom is 0.0856 e. The predicted octanol–water partition coefficient (Wildman–Crippen LogP) is 2.27. The van der Waals surface area contributed by atoms with Crippen molar-refractivity contribution in [2.75, 3.05) is 0 Å². The summed E-state index contributed by atoms with van der Waals surface area (Å²) >= 11 is 0. The van der Waals surface area contributed by atoms with E-state index >= 15 is 0 Å². The van der Waals surface area contributed by atoms with Gasteiger partial charge < -0.3 is 5.11 Å². The number of allylic oxidation sites excluding steroid dienone is 2. The molecule has 8 heavy (non-hydrogen) atoms. The summed E-state index contributed by atoms with van der Waals surface area (Å²) in [6, 6.07) is 0. The zero-order chi connectivity index (χ0) is 6.57. The first-order valence-electron chi connectivity index (χ1n) is 2.66. The molecule has 0 saturated heterocycles. The smallest absolute Gasteiger partial charge is 0.0856 e. The molecular weight excluding hydrogens is 100 g/mol. The zero-order valence-corrected chi connectivity index (χ0v) is 5.22. The summed E-state index contributed by atoms with van der Waals surface area (Å²) in [6.45, 7) is 8.89. The van der Waals surface area contributed by atoms with Crippen LogP contribution in [0.15, 0.2) is 25.0 Å². The number of hydrogen-bond donors (Lipinski definition) is 1. The lowest BCUT2D eigenvalue weighted by Gasteiger charge is -2.00. The summed E-state index contributed by atoms with van der Waals surface area (Å²) < 4.78 is 0. The summed E-state index contributed by atoms with van der Waals surface area (Å²) in [6.07, 6.45) is 2.42. The molecule has 0 amide bonds. The Hall–Kier alpha value is -0.720. The van der Waals surface area contributed by atoms with Gasteiger partial charge in [-0.25, -0.2) is 0 Å². The highest BCUT2D eigenvalue weighted by Crippen LogP contribution is 2.06. The third kappa shape index (κ3) is 3.47. The number of rotatable bonds is 3. The maximum absolute atomic E-state index is 8.61. The molecule has 0 radical (unpaired) electrons. The van der Waals surface area contributed by atoms with Gasteiger partial charge in [0.05, 0.1) is 5.76 Å². The van der Waals surface area contributed by atoms with Crippen LogP contribution in [0.4, 0.5) is 0 Å². The van der Waals surface area contributed by atoms with Gasteiger partial charge in [0.1, 0.15) is 0 Å². The molecule has 0 aromatic carbocycles. The first-order valence-corrected chi connectivity index (χ1v) is 2.66. The second kappa shape index (κ2) is 3.30. The lowest BCUT2D eigenvalue weighted by atomic mass is 10.1. The van der Waals surface area contributed by atoms with E-state index in [1.165, 1.54) is 0 Å². The van der Waals surface area contributed by atoms with Crippen LogP contribution in [-0.2, 0) is 0 Å². The average Bonchev–Trinajstić information content (AvgIpc) is 1.65. The topological polar surface area (TPSA) is 20.2 Å². The van der Waals surface area contributed by atoms with Gasteiger partial charge in [0.15, 0.2) is 0 Å². The molecule has 0 aliphatic rings. The van der Waals surface area contributed by atoms with Crippen LogP contribution in [0.1, 0.15) is 13.3 Å². The summed E-state index contributed by atoms with van der Waals surface area (Å²) in [5, 5.41) is 8.61. The molecule has 0 aromatic rings. The Morgan fingerprint density at radius 1 is 1.88 bits per heavy atom. The van der Waals surface area contributed by atoms with Gasteiger partial charge in [0, 0.05) is 6.42 Å². The molecular formula is C7H12O. The molecule has 0 aliphatic carbocycles. The van der Waals surface area contributed by atoms with Crippen LogP contribution < -0.4 is 0 Å². The fourth-order valence-corrected chi connectivity index (χ4v) is 0.455. The van der Waals surface area contributed by atoms with Crippen LogP contribution >= 0.6 is 0 Å². The molecule has 0 saturated carbocycles. The van der Waals surface area contributed by atoms with Crippen LogP contribution in [0.2, 0.25) is 0 Å². The predicted molar refractivity (Wildman–Crippen MR) is 35.7 cm³/mol. The van der Waals surface area contributed by atoms with Gasteiger partial charge in [-0.05, 0) is 5.92 Å². The summed E-state index contributed by atoms with van der Waals surface area (Å²) in [5.41, 5.74) is 0. The van der Waals surface area contributed by atoms with Crippen molar-refractivity contribution in [3.8, 4) is 0 Å². The van der Waals surface area contributed by atoms with Gasteiger partial charge in [0.25, 0.3) is 0 Å². The standard InChI is InChI=1S/C7H12O/c1-4-6(2)5-7(3)8/h4,6,8H,1,3,5H2,2H3. The molecule has 0 heterocycles. The molecule has 0 spiro atoms. The van der Waals surface area contributed by atoms with E-state index in [0.717, 1.165) is 0 Å². The van der Waals surface area contributed by atoms with Crippen molar-refractivity contribution in [1.82, 2.24) is 0 Å². The van der Waals surface area contributed by atoms with Crippen LogP contribution in [0.5, 0.6) is 0 Å². The van der Waals surface area contributed by atoms with Crippen molar-refractivity contribution < 1.29 is 5.11 Å². The number of aliphatic hydroxyl groups excluding tert-OH is 1. The molecule has 0 rings (SSSR count). The number of aliphatic hydroxyl groups is 1. The van der Waals surface area contributed by atoms with E-state index in [2.05, 4.69) is 13.2 Å². The van der Waals surface area contributed by atoms with E-state index in [4.69, 9.17) is 5.11 Å². The molecule has 1 N–H and O–H groups in total. The summed E-state index contributed by atoms with van der Waals surface area (Å²) in [4.78, 5) is 0. The first-order chi connectivity index (χ1) is 3.66. The summed E-state index contributed by atoms with van der Waals surface area (Å²) in [5.74, 6) is 0.574. The Kier molecular flexibility index (Phi) is 3.01. The molecule has 0 fully saturated rings. The van der Waals surface area contributed by atoms with Crippen molar-refractivity contribution in [2.24, 2.45) is 5.92 Å². The molecule has 0 aromatic heterocycles. The highest BCUT2D eigenvalue weighted by Gasteiger charge is 1.95. The van der Waals surface area contributed by atoms with Gasteiger partial charge in [-0.1, -0.05) is 19.6 Å². The Bertz CT molecular complexity index is 94.6. The van der Waals surface area contributed by atoms with Crippen molar-refractivity contribution in [1.29, 1.82) is 0 Å². The molecule has 46 valence electrons. The largest absolute Gasteiger partial charge is 0.513 e. The molecule has 0 aliphatic heterocycles. The Morgan fingerprint density at radius 3 is 2.50 bits per heavy atom. The fourth-order valence-electron chi connectivity index (χ4n) is 0.455. The van der Waals surface area contributed by atoms with Crippen LogP contribution in [0.3, 0.4) is 0 Å². The SMILES string of the molecule is C=CC(C)CC(=C)O. The molecule has 1 nitrogen and oxygen atoms in total. The van der Waals surface area contributed by atoms with E-state index in [9.17, 15) is 0 Å². The van der Waals surface area contributed by atoms with Crippen LogP contribution in [0, 0.1) is 5.92 Å². The second-order valence-corrected chi connectivity index (χ2v) is 1.98. The van der Waals surface area contributed by atoms with E-state index in [0.29, 0.717) is 12.3 Å². The first kappa shape index (κ1) is 7.28. The maximum atomic E-state index is 8.61. The molecule has 1 heteroatoms. The van der Waals surface area contributed by atoms with Crippen molar-refractivity contribution in [3.63, 3.8) is 0 Å².